The van der Waals surface area contributed by atoms with Crippen molar-refractivity contribution in [3.05, 3.63) is 65.0 Å². The lowest BCUT2D eigenvalue weighted by Crippen LogP contribution is -2.52. The largest absolute Gasteiger partial charge is 0.481 e. The maximum absolute atomic E-state index is 14.8. The molecule has 0 saturated carbocycles. The molecule has 4 rings (SSSR count). The molecule has 0 bridgehead atoms. The van der Waals surface area contributed by atoms with Crippen molar-refractivity contribution in [1.82, 2.24) is 4.90 Å². The quantitative estimate of drug-likeness (QED) is 0.378. The number of aryl methyl sites for hydroxylation is 1. The van der Waals surface area contributed by atoms with Crippen LogP contribution in [0.15, 0.2) is 47.4 Å². The lowest BCUT2D eigenvalue weighted by atomic mass is 9.76. The van der Waals surface area contributed by atoms with Crippen LogP contribution in [-0.4, -0.2) is 55.9 Å². The summed E-state index contributed by atoms with van der Waals surface area (Å²) in [5.74, 6) is -1.89. The number of rotatable bonds is 6. The van der Waals surface area contributed by atoms with Crippen LogP contribution in [0, 0.1) is 5.82 Å². The van der Waals surface area contributed by atoms with Gasteiger partial charge < -0.3 is 5.11 Å². The van der Waals surface area contributed by atoms with Crippen LogP contribution < -0.4 is 0 Å². The Morgan fingerprint density at radius 1 is 1.00 bits per heavy atom. The average Bonchev–Trinajstić information content (AvgIpc) is 3.21. The molecule has 208 valence electrons. The third kappa shape index (κ3) is 4.16. The SMILES string of the molecule is O=C(O)CCN1CC[C@@]2(S(=O)(=O)c3ccc(F)cc3)c3ccc(C(F)(C(F)(F)F)C(F)(F)F)cc3CC[C@@H]12. The molecule has 0 unspecified atom stereocenters. The summed E-state index contributed by atoms with van der Waals surface area (Å²) in [5.41, 5.74) is -7.69. The smallest absolute Gasteiger partial charge is 0.435 e. The predicted octanol–water partition coefficient (Wildman–Crippen LogP) is 5.28. The predicted molar refractivity (Wildman–Crippen MR) is 117 cm³/mol. The maximum Gasteiger partial charge on any atom is 0.435 e. The minimum atomic E-state index is -6.34. The average molecular weight is 571 g/mol. The number of nitrogens with zero attached hydrogens (tertiary/aromatic N) is 1. The second-order valence-electron chi connectivity index (χ2n) is 9.36. The Bertz CT molecular complexity index is 1330. The molecule has 0 amide bonds. The van der Waals surface area contributed by atoms with Crippen molar-refractivity contribution in [3.8, 4) is 0 Å². The highest BCUT2D eigenvalue weighted by molar-refractivity contribution is 7.92. The van der Waals surface area contributed by atoms with E-state index in [1.54, 1.807) is 4.90 Å². The van der Waals surface area contributed by atoms with Gasteiger partial charge in [0.05, 0.1) is 11.3 Å². The second kappa shape index (κ2) is 9.18. The van der Waals surface area contributed by atoms with Crippen LogP contribution in [-0.2, 0) is 31.5 Å². The van der Waals surface area contributed by atoms with Crippen molar-refractivity contribution < 1.29 is 53.4 Å². The molecular formula is C24H21F8NO4S. The minimum absolute atomic E-state index is 0.0517. The summed E-state index contributed by atoms with van der Waals surface area (Å²) in [6, 6.07) is 4.40. The van der Waals surface area contributed by atoms with E-state index < -0.39 is 56.0 Å². The maximum atomic E-state index is 14.8. The third-order valence-electron chi connectivity index (χ3n) is 7.39. The van der Waals surface area contributed by atoms with Gasteiger partial charge in [-0.1, -0.05) is 18.2 Å². The van der Waals surface area contributed by atoms with Crippen LogP contribution in [0.2, 0.25) is 0 Å². The van der Waals surface area contributed by atoms with Gasteiger partial charge in [-0.05, 0) is 54.7 Å². The fraction of sp³-hybridized carbons (Fsp3) is 0.458. The molecule has 1 fully saturated rings. The highest BCUT2D eigenvalue weighted by Gasteiger charge is 2.73. The molecule has 2 aliphatic rings. The summed E-state index contributed by atoms with van der Waals surface area (Å²) in [6.07, 6.45) is -13.4. The number of benzene rings is 2. The number of carbonyl (C=O) groups is 1. The molecule has 1 heterocycles. The van der Waals surface area contributed by atoms with E-state index in [1.807, 2.05) is 0 Å². The Labute approximate surface area is 212 Å². The fourth-order valence-electron chi connectivity index (χ4n) is 5.65. The standard InChI is InChI=1S/C24H21F8NO4S/c25-16-3-5-17(6-4-16)38(36,37)21-10-12-33(11-9-20(34)35)19(21)8-1-14-13-15(2-7-18(14)21)22(26,23(27,28)29)24(30,31)32/h2-7,13,19H,1,8-12H2,(H,34,35)/t19-,21-/m1/s1. The van der Waals surface area contributed by atoms with E-state index in [4.69, 9.17) is 5.11 Å². The molecule has 14 heteroatoms. The fourth-order valence-corrected chi connectivity index (χ4v) is 8.04. The third-order valence-corrected chi connectivity index (χ3v) is 9.94. The molecule has 2 aromatic carbocycles. The molecule has 1 N–H and O–H groups in total. The number of hydrogen-bond donors (Lipinski definition) is 1. The number of alkyl halides is 7. The van der Waals surface area contributed by atoms with E-state index in [0.717, 1.165) is 30.3 Å². The molecular weight excluding hydrogens is 550 g/mol. The molecule has 0 aromatic heterocycles. The van der Waals surface area contributed by atoms with E-state index in [2.05, 4.69) is 0 Å². The van der Waals surface area contributed by atoms with Gasteiger partial charge in [0.25, 0.3) is 0 Å². The molecule has 38 heavy (non-hydrogen) atoms. The van der Waals surface area contributed by atoms with E-state index >= 15 is 0 Å². The van der Waals surface area contributed by atoms with E-state index in [9.17, 15) is 48.3 Å². The van der Waals surface area contributed by atoms with Gasteiger partial charge in [0, 0.05) is 24.7 Å². The molecule has 2 aromatic rings. The Hall–Kier alpha value is -2.74. The highest BCUT2D eigenvalue weighted by atomic mass is 32.2. The summed E-state index contributed by atoms with van der Waals surface area (Å²) >= 11 is 0. The molecule has 2 atom stereocenters. The summed E-state index contributed by atoms with van der Waals surface area (Å²) in [6.45, 7) is 0.0154. The zero-order chi connectivity index (χ0) is 28.3. The number of aliphatic carboxylic acids is 1. The second-order valence-corrected chi connectivity index (χ2v) is 11.6. The van der Waals surface area contributed by atoms with Crippen LogP contribution >= 0.6 is 0 Å². The highest BCUT2D eigenvalue weighted by Crippen LogP contribution is 2.56. The zero-order valence-corrected chi connectivity index (χ0v) is 20.2. The Kier molecular flexibility index (Phi) is 6.83. The first-order valence-corrected chi connectivity index (χ1v) is 12.9. The first kappa shape index (κ1) is 28.3. The van der Waals surface area contributed by atoms with E-state index in [1.165, 1.54) is 0 Å². The van der Waals surface area contributed by atoms with E-state index in [0.29, 0.717) is 12.1 Å². The Balaban J connectivity index is 1.92. The van der Waals surface area contributed by atoms with Crippen molar-refractivity contribution in [1.29, 1.82) is 0 Å². The van der Waals surface area contributed by atoms with E-state index in [-0.39, 0.29) is 54.8 Å². The molecule has 1 saturated heterocycles. The summed E-state index contributed by atoms with van der Waals surface area (Å²) in [4.78, 5) is 12.4. The lowest BCUT2D eigenvalue weighted by molar-refractivity contribution is -0.348. The monoisotopic (exact) mass is 571 g/mol. The van der Waals surface area contributed by atoms with Crippen molar-refractivity contribution in [2.45, 2.75) is 59.4 Å². The van der Waals surface area contributed by atoms with Gasteiger partial charge in [-0.25, -0.2) is 17.2 Å². The Morgan fingerprint density at radius 3 is 2.16 bits per heavy atom. The molecule has 5 nitrogen and oxygen atoms in total. The number of carboxylic acid groups (broad SMARTS) is 1. The van der Waals surface area contributed by atoms with Gasteiger partial charge >= 0.3 is 24.0 Å². The van der Waals surface area contributed by atoms with Crippen molar-refractivity contribution in [2.24, 2.45) is 0 Å². The summed E-state index contributed by atoms with van der Waals surface area (Å²) in [7, 11) is -4.46. The first-order valence-electron chi connectivity index (χ1n) is 11.4. The van der Waals surface area contributed by atoms with Crippen LogP contribution in [0.1, 0.15) is 36.0 Å². The molecule has 0 radical (unpaired) electrons. The normalized spacial score (nSPS) is 22.7. The van der Waals surface area contributed by atoms with Crippen molar-refractivity contribution in [2.75, 3.05) is 13.1 Å². The zero-order valence-electron chi connectivity index (χ0n) is 19.4. The van der Waals surface area contributed by atoms with Gasteiger partial charge in [0.1, 0.15) is 10.6 Å². The van der Waals surface area contributed by atoms with Gasteiger partial charge in [-0.15, -0.1) is 0 Å². The van der Waals surface area contributed by atoms with Gasteiger partial charge in [0.2, 0.25) is 0 Å². The van der Waals surface area contributed by atoms with Gasteiger partial charge in [-0.2, -0.15) is 26.3 Å². The van der Waals surface area contributed by atoms with Crippen LogP contribution in [0.3, 0.4) is 0 Å². The van der Waals surface area contributed by atoms with Gasteiger partial charge in [0.15, 0.2) is 9.84 Å². The number of likely N-dealkylation sites (tertiary alicyclic amines) is 1. The van der Waals surface area contributed by atoms with Crippen molar-refractivity contribution in [3.63, 3.8) is 0 Å². The topological polar surface area (TPSA) is 74.7 Å². The molecule has 0 spiro atoms. The molecule has 1 aliphatic heterocycles. The molecule has 1 aliphatic carbocycles. The number of carboxylic acids is 1. The van der Waals surface area contributed by atoms with Crippen molar-refractivity contribution >= 4 is 15.8 Å². The number of halogens is 8. The van der Waals surface area contributed by atoms with Crippen LogP contribution in [0.5, 0.6) is 0 Å². The summed E-state index contributed by atoms with van der Waals surface area (Å²) < 4.78 is 135. The van der Waals surface area contributed by atoms with Crippen LogP contribution in [0.4, 0.5) is 35.1 Å². The minimum Gasteiger partial charge on any atom is -0.481 e. The lowest BCUT2D eigenvalue weighted by Gasteiger charge is -2.43. The first-order chi connectivity index (χ1) is 17.5. The number of sulfone groups is 1. The van der Waals surface area contributed by atoms with Crippen LogP contribution in [0.25, 0.3) is 0 Å². The summed E-state index contributed by atoms with van der Waals surface area (Å²) in [5, 5.41) is 9.09. The van der Waals surface area contributed by atoms with Gasteiger partial charge in [-0.3, -0.25) is 9.69 Å². The number of fused-ring (bicyclic) bond motifs is 3. The Morgan fingerprint density at radius 2 is 1.61 bits per heavy atom. The number of hydrogen-bond acceptors (Lipinski definition) is 4.